The second-order valence-corrected chi connectivity index (χ2v) is 2.20. The third-order valence-corrected chi connectivity index (χ3v) is 1.04. The topological polar surface area (TPSA) is 43.4 Å². The Morgan fingerprint density at radius 3 is 2.50 bits per heavy atom. The van der Waals surface area contributed by atoms with Gasteiger partial charge in [0.1, 0.15) is 5.94 Å². The van der Waals surface area contributed by atoms with Crippen LogP contribution in [0.2, 0.25) is 0 Å². The normalized spacial score (nSPS) is 10.0. The van der Waals surface area contributed by atoms with Crippen molar-refractivity contribution in [2.75, 3.05) is 7.11 Å². The van der Waals surface area contributed by atoms with E-state index in [1.165, 1.54) is 19.1 Å². The summed E-state index contributed by atoms with van der Waals surface area (Å²) in [5.41, 5.74) is 0.821. The van der Waals surface area contributed by atoms with Gasteiger partial charge in [-0.2, -0.15) is 0 Å². The highest BCUT2D eigenvalue weighted by molar-refractivity contribution is 5.94. The van der Waals surface area contributed by atoms with Crippen molar-refractivity contribution in [1.82, 2.24) is 0 Å². The quantitative estimate of drug-likeness (QED) is 0.272. The molecule has 0 aromatic heterocycles. The minimum atomic E-state index is -0.568. The fourth-order valence-corrected chi connectivity index (χ4v) is 0.606. The molecule has 0 N–H and O–H groups in total. The van der Waals surface area contributed by atoms with E-state index in [1.54, 1.807) is 6.92 Å². The summed E-state index contributed by atoms with van der Waals surface area (Å²) in [6, 6.07) is 0. The SMILES string of the molecule is C=C(C)/C=C(\C=C=O)C(=O)OC. The van der Waals surface area contributed by atoms with Gasteiger partial charge in [0.25, 0.3) is 0 Å². The Morgan fingerprint density at radius 1 is 1.58 bits per heavy atom. The molecule has 0 heterocycles. The van der Waals surface area contributed by atoms with Crippen molar-refractivity contribution < 1.29 is 14.3 Å². The van der Waals surface area contributed by atoms with Gasteiger partial charge in [-0.1, -0.05) is 12.2 Å². The van der Waals surface area contributed by atoms with E-state index in [9.17, 15) is 9.59 Å². The van der Waals surface area contributed by atoms with Crippen LogP contribution in [0.4, 0.5) is 0 Å². The summed E-state index contributed by atoms with van der Waals surface area (Å²) in [5.74, 6) is 0.935. The van der Waals surface area contributed by atoms with Crippen LogP contribution in [0, 0.1) is 0 Å². The molecule has 0 atom stereocenters. The minimum absolute atomic E-state index is 0.153. The number of ether oxygens (including phenoxy) is 1. The van der Waals surface area contributed by atoms with E-state index in [0.717, 1.165) is 6.08 Å². The first-order chi connectivity index (χ1) is 5.61. The molecule has 0 saturated carbocycles. The van der Waals surface area contributed by atoms with Crippen LogP contribution in [-0.2, 0) is 14.3 Å². The molecule has 0 aliphatic carbocycles. The number of hydrogen-bond acceptors (Lipinski definition) is 3. The Bertz CT molecular complexity index is 267. The Kier molecular flexibility index (Phi) is 4.42. The third-order valence-electron chi connectivity index (χ3n) is 1.04. The van der Waals surface area contributed by atoms with E-state index in [1.807, 2.05) is 0 Å². The zero-order chi connectivity index (χ0) is 9.56. The van der Waals surface area contributed by atoms with Crippen LogP contribution in [0.15, 0.2) is 29.9 Å². The largest absolute Gasteiger partial charge is 0.465 e. The lowest BCUT2D eigenvalue weighted by atomic mass is 10.2. The number of allylic oxidation sites excluding steroid dienone is 2. The fraction of sp³-hybridized carbons (Fsp3) is 0.222. The lowest BCUT2D eigenvalue weighted by molar-refractivity contribution is -0.135. The molecule has 0 aromatic rings. The number of esters is 1. The molecule has 64 valence electrons. The van der Waals surface area contributed by atoms with Crippen LogP contribution in [-0.4, -0.2) is 19.0 Å². The first kappa shape index (κ1) is 10.4. The van der Waals surface area contributed by atoms with Gasteiger partial charge in [0.2, 0.25) is 0 Å². The highest BCUT2D eigenvalue weighted by Crippen LogP contribution is 2.02. The Labute approximate surface area is 71.0 Å². The van der Waals surface area contributed by atoms with Gasteiger partial charge in [0, 0.05) is 6.08 Å². The summed E-state index contributed by atoms with van der Waals surface area (Å²) in [7, 11) is 1.24. The van der Waals surface area contributed by atoms with Gasteiger partial charge in [-0.05, 0) is 13.0 Å². The van der Waals surface area contributed by atoms with Crippen LogP contribution >= 0.6 is 0 Å². The van der Waals surface area contributed by atoms with Gasteiger partial charge in [-0.3, -0.25) is 0 Å². The van der Waals surface area contributed by atoms with Crippen molar-refractivity contribution in [3.63, 3.8) is 0 Å². The van der Waals surface area contributed by atoms with Crippen molar-refractivity contribution in [2.45, 2.75) is 6.92 Å². The first-order valence-electron chi connectivity index (χ1n) is 3.28. The lowest BCUT2D eigenvalue weighted by Gasteiger charge is -1.97. The van der Waals surface area contributed by atoms with Gasteiger partial charge in [0.05, 0.1) is 12.7 Å². The molecule has 0 aliphatic rings. The van der Waals surface area contributed by atoms with E-state index >= 15 is 0 Å². The second kappa shape index (κ2) is 5.10. The maximum atomic E-state index is 10.9. The molecule has 0 fully saturated rings. The van der Waals surface area contributed by atoms with E-state index in [-0.39, 0.29) is 5.57 Å². The molecule has 3 heteroatoms. The lowest BCUT2D eigenvalue weighted by Crippen LogP contribution is -2.02. The summed E-state index contributed by atoms with van der Waals surface area (Å²) in [5, 5.41) is 0. The maximum absolute atomic E-state index is 10.9. The molecule has 0 spiro atoms. The van der Waals surface area contributed by atoms with Crippen molar-refractivity contribution in [1.29, 1.82) is 0 Å². The van der Waals surface area contributed by atoms with Crippen LogP contribution in [0.5, 0.6) is 0 Å². The predicted molar refractivity (Wildman–Crippen MR) is 45.2 cm³/mol. The molecule has 0 bridgehead atoms. The molecular formula is C9H10O3. The molecule has 0 saturated heterocycles. The molecule has 0 aromatic carbocycles. The van der Waals surface area contributed by atoms with Crippen molar-refractivity contribution in [3.05, 3.63) is 29.9 Å². The Morgan fingerprint density at radius 2 is 2.17 bits per heavy atom. The highest BCUT2D eigenvalue weighted by Gasteiger charge is 2.05. The number of rotatable bonds is 3. The van der Waals surface area contributed by atoms with Crippen LogP contribution in [0.25, 0.3) is 0 Å². The number of carbonyl (C=O) groups is 1. The number of hydrogen-bond donors (Lipinski definition) is 0. The maximum Gasteiger partial charge on any atom is 0.338 e. The van der Waals surface area contributed by atoms with Crippen LogP contribution < -0.4 is 0 Å². The molecular weight excluding hydrogens is 156 g/mol. The van der Waals surface area contributed by atoms with Crippen LogP contribution in [0.1, 0.15) is 6.92 Å². The van der Waals surface area contributed by atoms with E-state index in [4.69, 9.17) is 0 Å². The number of methoxy groups -OCH3 is 1. The van der Waals surface area contributed by atoms with Gasteiger partial charge < -0.3 is 4.74 Å². The summed E-state index contributed by atoms with van der Waals surface area (Å²) >= 11 is 0. The second-order valence-electron chi connectivity index (χ2n) is 2.20. The van der Waals surface area contributed by atoms with E-state index in [2.05, 4.69) is 11.3 Å². The fourth-order valence-electron chi connectivity index (χ4n) is 0.606. The van der Waals surface area contributed by atoms with Crippen molar-refractivity contribution in [2.24, 2.45) is 0 Å². The van der Waals surface area contributed by atoms with Gasteiger partial charge in [-0.15, -0.1) is 0 Å². The molecule has 0 unspecified atom stereocenters. The average Bonchev–Trinajstić information content (AvgIpc) is 2.01. The summed E-state index contributed by atoms with van der Waals surface area (Å²) in [6.45, 7) is 5.27. The molecule has 0 amide bonds. The monoisotopic (exact) mass is 166 g/mol. The summed E-state index contributed by atoms with van der Waals surface area (Å²) in [4.78, 5) is 20.9. The zero-order valence-corrected chi connectivity index (χ0v) is 7.09. The van der Waals surface area contributed by atoms with Gasteiger partial charge in [0.15, 0.2) is 0 Å². The highest BCUT2D eigenvalue weighted by atomic mass is 16.5. The summed E-state index contributed by atoms with van der Waals surface area (Å²) in [6.07, 6.45) is 2.47. The van der Waals surface area contributed by atoms with Crippen molar-refractivity contribution >= 4 is 11.9 Å². The molecule has 12 heavy (non-hydrogen) atoms. The van der Waals surface area contributed by atoms with Gasteiger partial charge >= 0.3 is 5.97 Å². The smallest absolute Gasteiger partial charge is 0.338 e. The zero-order valence-electron chi connectivity index (χ0n) is 7.09. The predicted octanol–water partition coefficient (Wildman–Crippen LogP) is 1.05. The first-order valence-corrected chi connectivity index (χ1v) is 3.28. The minimum Gasteiger partial charge on any atom is -0.465 e. The van der Waals surface area contributed by atoms with E-state index < -0.39 is 5.97 Å². The average molecular weight is 166 g/mol. The molecule has 0 radical (unpaired) electrons. The third kappa shape index (κ3) is 3.54. The van der Waals surface area contributed by atoms with Crippen molar-refractivity contribution in [3.8, 4) is 0 Å². The standard InChI is InChI=1S/C9H10O3/c1-7(2)6-8(4-5-10)9(11)12-3/h4,6H,1H2,2-3H3/b8-6+. The summed E-state index contributed by atoms with van der Waals surface area (Å²) < 4.78 is 4.41. The van der Waals surface area contributed by atoms with Crippen LogP contribution in [0.3, 0.4) is 0 Å². The Balaban J connectivity index is 4.77. The molecule has 0 aliphatic heterocycles. The van der Waals surface area contributed by atoms with Gasteiger partial charge in [-0.25, -0.2) is 9.59 Å². The molecule has 0 rings (SSSR count). The van der Waals surface area contributed by atoms with E-state index in [0.29, 0.717) is 5.57 Å². The molecule has 3 nitrogen and oxygen atoms in total. The number of carbonyl (C=O) groups excluding carboxylic acids is 2. The Hall–Kier alpha value is -1.60.